The second-order valence-corrected chi connectivity index (χ2v) is 19.7. The van der Waals surface area contributed by atoms with Gasteiger partial charge in [0.15, 0.2) is 20.8 Å². The van der Waals surface area contributed by atoms with Crippen molar-refractivity contribution in [2.45, 2.75) is 63.3 Å². The molecule has 2 unspecified atom stereocenters. The van der Waals surface area contributed by atoms with E-state index < -0.39 is 38.4 Å². The molecule has 1 amide bonds. The van der Waals surface area contributed by atoms with Crippen LogP contribution in [0, 0.1) is 11.2 Å². The van der Waals surface area contributed by atoms with E-state index in [2.05, 4.69) is 19.9 Å². The van der Waals surface area contributed by atoms with E-state index in [1.54, 1.807) is 18.3 Å². The normalized spacial score (nSPS) is 22.8. The van der Waals surface area contributed by atoms with Gasteiger partial charge < -0.3 is 20.2 Å². The molecule has 290 valence electrons. The Balaban J connectivity index is 1.04. The number of nitrogens with zero attached hydrogens (tertiary/aromatic N) is 6. The Bertz CT molecular complexity index is 2420. The van der Waals surface area contributed by atoms with Crippen molar-refractivity contribution < 1.29 is 39.9 Å². The van der Waals surface area contributed by atoms with Crippen molar-refractivity contribution in [3.05, 3.63) is 71.2 Å². The minimum Gasteiger partial charge on any atom is -0.465 e. The van der Waals surface area contributed by atoms with Crippen molar-refractivity contribution in [2.24, 2.45) is 5.41 Å². The largest absolute Gasteiger partial charge is 0.465 e. The van der Waals surface area contributed by atoms with Gasteiger partial charge in [-0.1, -0.05) is 35.6 Å². The van der Waals surface area contributed by atoms with Crippen LogP contribution in [-0.4, -0.2) is 94.9 Å². The van der Waals surface area contributed by atoms with E-state index in [1.165, 1.54) is 46.6 Å². The van der Waals surface area contributed by atoms with Gasteiger partial charge >= 0.3 is 16.3 Å². The first kappa shape index (κ1) is 36.1. The first-order chi connectivity index (χ1) is 26.2. The molecular formula is C35H35F3N8O6S3. The highest BCUT2D eigenvalue weighted by molar-refractivity contribution is 7.92. The first-order valence-electron chi connectivity index (χ1n) is 17.7. The Morgan fingerprint density at radius 2 is 1.75 bits per heavy atom. The summed E-state index contributed by atoms with van der Waals surface area (Å²) in [5, 5.41) is 13.5. The number of carbonyl (C=O) groups is 1. The van der Waals surface area contributed by atoms with Crippen LogP contribution in [0.1, 0.15) is 48.8 Å². The number of likely N-dealkylation sites (tertiary alicyclic amines) is 1. The number of rotatable bonds is 9. The molecule has 2 bridgehead atoms. The molecule has 2 atom stereocenters. The molecule has 1 aliphatic carbocycles. The van der Waals surface area contributed by atoms with Crippen molar-refractivity contribution in [2.75, 3.05) is 39.5 Å². The second kappa shape index (κ2) is 13.0. The van der Waals surface area contributed by atoms with Crippen molar-refractivity contribution in [3.8, 4) is 21.8 Å². The summed E-state index contributed by atoms with van der Waals surface area (Å²) in [4.78, 5) is 29.9. The topological polar surface area (TPSA) is 178 Å². The number of hydrogen-bond acceptors (Lipinski definition) is 11. The van der Waals surface area contributed by atoms with Crippen LogP contribution in [-0.2, 0) is 33.1 Å². The number of nitrogens with one attached hydrogen (secondary N) is 2. The van der Waals surface area contributed by atoms with Gasteiger partial charge in [0.05, 0.1) is 33.5 Å². The first-order valence-corrected chi connectivity index (χ1v) is 21.8. The summed E-state index contributed by atoms with van der Waals surface area (Å²) in [6, 6.07) is 9.88. The third-order valence-electron chi connectivity index (χ3n) is 11.3. The fourth-order valence-corrected chi connectivity index (χ4v) is 13.5. The zero-order valence-corrected chi connectivity index (χ0v) is 31.5. The third-order valence-corrected chi connectivity index (χ3v) is 15.9. The van der Waals surface area contributed by atoms with Gasteiger partial charge in [0.1, 0.15) is 0 Å². The summed E-state index contributed by atoms with van der Waals surface area (Å²) >= 11 is 1.26. The van der Waals surface area contributed by atoms with Crippen molar-refractivity contribution >= 4 is 54.2 Å². The van der Waals surface area contributed by atoms with E-state index in [9.17, 15) is 35.5 Å². The van der Waals surface area contributed by atoms with Crippen LogP contribution in [0.15, 0.2) is 48.7 Å². The summed E-state index contributed by atoms with van der Waals surface area (Å²) in [7, 11) is -7.38. The predicted octanol–water partition coefficient (Wildman–Crippen LogP) is 5.34. The molecule has 3 saturated heterocycles. The molecule has 20 heteroatoms. The number of hydrogen-bond donors (Lipinski definition) is 3. The van der Waals surface area contributed by atoms with Crippen molar-refractivity contribution in [3.63, 3.8) is 0 Å². The van der Waals surface area contributed by atoms with Crippen LogP contribution in [0.2, 0.25) is 0 Å². The molecule has 4 fully saturated rings. The fraction of sp³-hybridized carbons (Fsp3) is 0.429. The standard InChI is InChI=1S/C35H35F3N8O6S3/c36-28-24(5-2-6-26(28)43-55(51,52)45-13-19-3-1-4-23(31(37)38)25(19)16-45)29-30(53-33(42-29)46-21-7-8-22(46)15-44(14-21)34(47)48)27-9-10-39-32(41-27)40-20-11-35(12-20)17-54(49,50)18-35/h1-6,9-10,20-22,31,43H,7-8,11-18H2,(H,47,48)(H,39,40,41). The molecule has 4 aromatic rings. The maximum absolute atomic E-state index is 16.7. The summed E-state index contributed by atoms with van der Waals surface area (Å²) in [5.74, 6) is -0.239. The molecule has 55 heavy (non-hydrogen) atoms. The molecule has 9 rings (SSSR count). The summed E-state index contributed by atoms with van der Waals surface area (Å²) < 4.78 is 98.2. The van der Waals surface area contributed by atoms with Gasteiger partial charge in [-0.3, -0.25) is 4.72 Å². The number of piperazine rings is 1. The summed E-state index contributed by atoms with van der Waals surface area (Å²) in [6.45, 7) is 0.114. The summed E-state index contributed by atoms with van der Waals surface area (Å²) in [6.07, 6.45) is 0.610. The highest BCUT2D eigenvalue weighted by Crippen LogP contribution is 2.51. The lowest BCUT2D eigenvalue weighted by Crippen LogP contribution is -2.60. The van der Waals surface area contributed by atoms with Crippen LogP contribution >= 0.6 is 11.3 Å². The Morgan fingerprint density at radius 3 is 2.44 bits per heavy atom. The number of anilines is 3. The molecule has 3 N–H and O–H groups in total. The van der Waals surface area contributed by atoms with Crippen molar-refractivity contribution in [1.82, 2.24) is 24.2 Å². The molecule has 1 saturated carbocycles. The van der Waals surface area contributed by atoms with Gasteiger partial charge in [-0.25, -0.2) is 41.3 Å². The number of amides is 1. The van der Waals surface area contributed by atoms with E-state index in [0.29, 0.717) is 40.1 Å². The fourth-order valence-electron chi connectivity index (χ4n) is 8.89. The lowest BCUT2D eigenvalue weighted by atomic mass is 9.67. The van der Waals surface area contributed by atoms with Gasteiger partial charge in [-0.2, -0.15) is 12.7 Å². The summed E-state index contributed by atoms with van der Waals surface area (Å²) in [5.41, 5.74) is 0.461. The lowest BCUT2D eigenvalue weighted by molar-refractivity contribution is 0.133. The number of thiazole rings is 1. The number of fused-ring (bicyclic) bond motifs is 3. The van der Waals surface area contributed by atoms with Gasteiger partial charge in [0, 0.05) is 67.0 Å². The SMILES string of the molecule is O=C(O)N1CC2CCC(C1)N2c1nc(-c2cccc(NS(=O)(=O)N3Cc4cccc(C(F)F)c4C3)c2F)c(-c2ccnc(NC3CC4(C3)CS(=O)(=O)C4)n2)s1. The maximum Gasteiger partial charge on any atom is 0.407 e. The van der Waals surface area contributed by atoms with E-state index in [1.807, 2.05) is 0 Å². The number of alkyl halides is 2. The Morgan fingerprint density at radius 1 is 1.02 bits per heavy atom. The monoisotopic (exact) mass is 816 g/mol. The average molecular weight is 817 g/mol. The predicted molar refractivity (Wildman–Crippen MR) is 198 cm³/mol. The minimum atomic E-state index is -4.41. The number of benzene rings is 2. The zero-order valence-electron chi connectivity index (χ0n) is 29.0. The Kier molecular flexibility index (Phi) is 8.55. The van der Waals surface area contributed by atoms with Gasteiger partial charge in [0.2, 0.25) is 5.95 Å². The van der Waals surface area contributed by atoms with Crippen LogP contribution in [0.25, 0.3) is 21.8 Å². The molecule has 6 heterocycles. The number of sulfone groups is 1. The van der Waals surface area contributed by atoms with E-state index in [-0.39, 0.29) is 89.3 Å². The molecule has 2 aromatic carbocycles. The Hall–Kier alpha value is -4.53. The molecule has 0 radical (unpaired) electrons. The Labute approximate surface area is 318 Å². The molecular weight excluding hydrogens is 782 g/mol. The minimum absolute atomic E-state index is 0.0147. The van der Waals surface area contributed by atoms with Gasteiger partial charge in [-0.05, 0) is 55.0 Å². The molecule has 14 nitrogen and oxygen atoms in total. The highest BCUT2D eigenvalue weighted by Gasteiger charge is 2.56. The lowest BCUT2D eigenvalue weighted by Gasteiger charge is -2.53. The molecule has 5 aliphatic rings. The molecule has 1 spiro atoms. The van der Waals surface area contributed by atoms with Crippen LogP contribution in [0.3, 0.4) is 0 Å². The van der Waals surface area contributed by atoms with Gasteiger partial charge in [0.25, 0.3) is 6.43 Å². The number of aromatic nitrogens is 3. The zero-order chi connectivity index (χ0) is 38.4. The smallest absolute Gasteiger partial charge is 0.407 e. The number of halogens is 3. The van der Waals surface area contributed by atoms with Crippen LogP contribution in [0.4, 0.5) is 34.7 Å². The van der Waals surface area contributed by atoms with Crippen LogP contribution in [0.5, 0.6) is 0 Å². The van der Waals surface area contributed by atoms with Crippen molar-refractivity contribution in [1.29, 1.82) is 0 Å². The second-order valence-electron chi connectivity index (χ2n) is 15.0. The molecule has 4 aliphatic heterocycles. The van der Waals surface area contributed by atoms with E-state index in [0.717, 1.165) is 17.1 Å². The van der Waals surface area contributed by atoms with Crippen LogP contribution < -0.4 is 14.9 Å². The molecule has 2 aromatic heterocycles. The van der Waals surface area contributed by atoms with E-state index in [4.69, 9.17) is 9.97 Å². The van der Waals surface area contributed by atoms with Gasteiger partial charge in [-0.15, -0.1) is 0 Å². The highest BCUT2D eigenvalue weighted by atomic mass is 32.2. The number of carboxylic acid groups (broad SMARTS) is 1. The quantitative estimate of drug-likeness (QED) is 0.199. The maximum atomic E-state index is 16.7. The van der Waals surface area contributed by atoms with E-state index >= 15 is 4.39 Å². The average Bonchev–Trinajstić information content (AvgIpc) is 3.81. The third kappa shape index (κ3) is 6.45.